The van der Waals surface area contributed by atoms with E-state index in [4.69, 9.17) is 17.0 Å². The number of benzene rings is 2. The number of carbonyl (C=O) groups excluding carboxylic acids is 3. The Morgan fingerprint density at radius 3 is 2.55 bits per heavy atom. The minimum absolute atomic E-state index is 0.189. The highest BCUT2D eigenvalue weighted by atomic mass is 32.2. The molecule has 0 radical (unpaired) electrons. The molecule has 1 aliphatic heterocycles. The van der Waals surface area contributed by atoms with Gasteiger partial charge < -0.3 is 10.1 Å². The van der Waals surface area contributed by atoms with E-state index in [9.17, 15) is 14.4 Å². The fraction of sp³-hybridized carbons (Fsp3) is 0.200. The molecule has 1 aliphatic rings. The molecule has 1 fully saturated rings. The van der Waals surface area contributed by atoms with Crippen molar-refractivity contribution in [3.8, 4) is 0 Å². The highest BCUT2D eigenvalue weighted by molar-refractivity contribution is 8.26. The normalized spacial score (nSPS) is 14.8. The molecule has 2 aromatic carbocycles. The summed E-state index contributed by atoms with van der Waals surface area (Å²) in [5.74, 6) is -1.08. The van der Waals surface area contributed by atoms with Crippen LogP contribution >= 0.6 is 24.0 Å². The third-order valence-corrected chi connectivity index (χ3v) is 6.04. The van der Waals surface area contributed by atoms with Gasteiger partial charge in [-0.25, -0.2) is 4.79 Å². The number of hydrogen-bond acceptors (Lipinski definition) is 6. The molecule has 2 aromatic rings. The Kier molecular flexibility index (Phi) is 8.97. The predicted molar refractivity (Wildman–Crippen MR) is 136 cm³/mol. The van der Waals surface area contributed by atoms with Gasteiger partial charge in [-0.05, 0) is 42.3 Å². The maximum Gasteiger partial charge on any atom is 0.338 e. The number of nitrogens with zero attached hydrogens (tertiary/aromatic N) is 1. The lowest BCUT2D eigenvalue weighted by molar-refractivity contribution is -0.126. The molecular weight excluding hydrogens is 456 g/mol. The molecule has 3 rings (SSSR count). The number of thioether (sulfide) groups is 1. The lowest BCUT2D eigenvalue weighted by atomic mass is 10.2. The molecule has 0 aromatic heterocycles. The second kappa shape index (κ2) is 12.1. The smallest absolute Gasteiger partial charge is 0.338 e. The van der Waals surface area contributed by atoms with E-state index in [1.165, 1.54) is 4.90 Å². The summed E-state index contributed by atoms with van der Waals surface area (Å²) >= 11 is 6.45. The van der Waals surface area contributed by atoms with Crippen LogP contribution in [0.25, 0.3) is 6.08 Å². The number of rotatable bonds is 9. The van der Waals surface area contributed by atoms with Crippen LogP contribution in [0.4, 0.5) is 5.69 Å². The third kappa shape index (κ3) is 7.13. The first-order chi connectivity index (χ1) is 16.0. The fourth-order valence-electron chi connectivity index (χ4n) is 2.89. The summed E-state index contributed by atoms with van der Waals surface area (Å²) in [7, 11) is 0. The van der Waals surface area contributed by atoms with E-state index in [-0.39, 0.29) is 18.4 Å². The molecule has 0 spiro atoms. The van der Waals surface area contributed by atoms with E-state index in [2.05, 4.69) is 5.32 Å². The number of amides is 2. The molecule has 0 atom stereocenters. The number of hydrogen-bond donors (Lipinski definition) is 1. The van der Waals surface area contributed by atoms with Crippen LogP contribution in [0.3, 0.4) is 0 Å². The summed E-state index contributed by atoms with van der Waals surface area (Å²) in [5.41, 5.74) is 1.94. The van der Waals surface area contributed by atoms with Gasteiger partial charge in [-0.1, -0.05) is 79.8 Å². The Morgan fingerprint density at radius 1 is 1.12 bits per heavy atom. The lowest BCUT2D eigenvalue weighted by Crippen LogP contribution is -2.36. The van der Waals surface area contributed by atoms with E-state index in [0.29, 0.717) is 27.1 Å². The minimum Gasteiger partial charge on any atom is -0.462 e. The number of carbonyl (C=O) groups is 3. The van der Waals surface area contributed by atoms with Crippen LogP contribution in [0.5, 0.6) is 0 Å². The zero-order chi connectivity index (χ0) is 23.6. The largest absolute Gasteiger partial charge is 0.462 e. The van der Waals surface area contributed by atoms with Crippen LogP contribution in [-0.4, -0.2) is 40.2 Å². The number of allylic oxidation sites excluding steroid dienone is 2. The second-order valence-corrected chi connectivity index (χ2v) is 8.85. The number of ether oxygens (including phenoxy) is 1. The van der Waals surface area contributed by atoms with Crippen molar-refractivity contribution >= 4 is 57.8 Å². The van der Waals surface area contributed by atoms with Crippen molar-refractivity contribution in [2.75, 3.05) is 18.5 Å². The van der Waals surface area contributed by atoms with Gasteiger partial charge in [0.05, 0.1) is 17.1 Å². The molecule has 6 nitrogen and oxygen atoms in total. The van der Waals surface area contributed by atoms with Gasteiger partial charge in [-0.15, -0.1) is 0 Å². The summed E-state index contributed by atoms with van der Waals surface area (Å²) in [6.07, 6.45) is 7.14. The van der Waals surface area contributed by atoms with Crippen LogP contribution < -0.4 is 5.32 Å². The quantitative estimate of drug-likeness (QED) is 0.235. The second-order valence-electron chi connectivity index (χ2n) is 7.17. The van der Waals surface area contributed by atoms with E-state index in [1.807, 2.05) is 43.3 Å². The number of anilines is 1. The first kappa shape index (κ1) is 24.4. The van der Waals surface area contributed by atoms with Gasteiger partial charge in [0.2, 0.25) is 5.91 Å². The van der Waals surface area contributed by atoms with Crippen molar-refractivity contribution in [1.82, 2.24) is 4.90 Å². The molecule has 1 heterocycles. The van der Waals surface area contributed by atoms with Gasteiger partial charge in [0.1, 0.15) is 10.9 Å². The number of esters is 1. The highest BCUT2D eigenvalue weighted by Gasteiger charge is 2.33. The van der Waals surface area contributed by atoms with Gasteiger partial charge in [-0.3, -0.25) is 14.5 Å². The van der Waals surface area contributed by atoms with Crippen LogP contribution in [0, 0.1) is 0 Å². The SMILES string of the molecule is CCCCOC(=O)c1ccc(NC(=O)CN2C(=O)C(=CC=Cc3ccccc3)SC2=S)cc1. The van der Waals surface area contributed by atoms with E-state index < -0.39 is 5.97 Å². The number of nitrogens with one attached hydrogen (secondary N) is 1. The summed E-state index contributed by atoms with van der Waals surface area (Å²) in [6.45, 7) is 2.21. The van der Waals surface area contributed by atoms with Gasteiger partial charge in [0.25, 0.3) is 5.91 Å². The van der Waals surface area contributed by atoms with Crippen molar-refractivity contribution < 1.29 is 19.1 Å². The van der Waals surface area contributed by atoms with Crippen molar-refractivity contribution in [2.45, 2.75) is 19.8 Å². The maximum absolute atomic E-state index is 12.7. The first-order valence-electron chi connectivity index (χ1n) is 10.5. The maximum atomic E-state index is 12.7. The summed E-state index contributed by atoms with van der Waals surface area (Å²) < 4.78 is 5.50. The molecule has 2 amide bonds. The molecule has 0 bridgehead atoms. The molecule has 170 valence electrons. The molecule has 0 unspecified atom stereocenters. The van der Waals surface area contributed by atoms with E-state index in [0.717, 1.165) is 30.2 Å². The summed E-state index contributed by atoms with van der Waals surface area (Å²) in [4.78, 5) is 38.8. The van der Waals surface area contributed by atoms with Crippen LogP contribution in [0.1, 0.15) is 35.7 Å². The van der Waals surface area contributed by atoms with Crippen LogP contribution in [-0.2, 0) is 14.3 Å². The molecule has 33 heavy (non-hydrogen) atoms. The Labute approximate surface area is 202 Å². The standard InChI is InChI=1S/C25H24N2O4S2/c1-2-3-16-31-24(30)19-12-14-20(15-13-19)26-22(28)17-27-23(29)21(33-25(27)32)11-7-10-18-8-5-4-6-9-18/h4-15H,2-3,16-17H2,1H3,(H,26,28). The van der Waals surface area contributed by atoms with Crippen LogP contribution in [0.15, 0.2) is 71.7 Å². The molecule has 0 saturated carbocycles. The Balaban J connectivity index is 1.54. The van der Waals surface area contributed by atoms with E-state index in [1.54, 1.807) is 36.4 Å². The predicted octanol–water partition coefficient (Wildman–Crippen LogP) is 5.04. The Morgan fingerprint density at radius 2 is 1.85 bits per heavy atom. The molecule has 0 aliphatic carbocycles. The Bertz CT molecular complexity index is 1080. The van der Waals surface area contributed by atoms with Crippen molar-refractivity contribution in [2.24, 2.45) is 0 Å². The van der Waals surface area contributed by atoms with Gasteiger partial charge in [0, 0.05) is 5.69 Å². The summed E-state index contributed by atoms with van der Waals surface area (Å²) in [5, 5.41) is 2.72. The van der Waals surface area contributed by atoms with Crippen molar-refractivity contribution in [3.05, 3.63) is 82.8 Å². The highest BCUT2D eigenvalue weighted by Crippen LogP contribution is 2.30. The monoisotopic (exact) mass is 480 g/mol. The van der Waals surface area contributed by atoms with Gasteiger partial charge >= 0.3 is 5.97 Å². The fourth-order valence-corrected chi connectivity index (χ4v) is 4.09. The van der Waals surface area contributed by atoms with Crippen molar-refractivity contribution in [3.63, 3.8) is 0 Å². The van der Waals surface area contributed by atoms with Crippen LogP contribution in [0.2, 0.25) is 0 Å². The van der Waals surface area contributed by atoms with Gasteiger partial charge in [-0.2, -0.15) is 0 Å². The third-order valence-electron chi connectivity index (χ3n) is 4.65. The Hall–Kier alpha value is -3.23. The summed E-state index contributed by atoms with van der Waals surface area (Å²) in [6, 6.07) is 16.1. The average molecular weight is 481 g/mol. The first-order valence-corrected chi connectivity index (χ1v) is 11.7. The van der Waals surface area contributed by atoms with Gasteiger partial charge in [0.15, 0.2) is 0 Å². The zero-order valence-corrected chi connectivity index (χ0v) is 19.8. The van der Waals surface area contributed by atoms with Crippen molar-refractivity contribution in [1.29, 1.82) is 0 Å². The number of unbranched alkanes of at least 4 members (excludes halogenated alkanes) is 1. The average Bonchev–Trinajstić information content (AvgIpc) is 3.08. The molecular formula is C25H24N2O4S2. The topological polar surface area (TPSA) is 75.7 Å². The minimum atomic E-state index is -0.396. The molecule has 8 heteroatoms. The lowest BCUT2D eigenvalue weighted by Gasteiger charge is -2.14. The molecule has 1 N–H and O–H groups in total. The molecule has 1 saturated heterocycles. The van der Waals surface area contributed by atoms with E-state index >= 15 is 0 Å². The number of thiocarbonyl (C=S) groups is 1. The zero-order valence-electron chi connectivity index (χ0n) is 18.2.